The fourth-order valence-corrected chi connectivity index (χ4v) is 3.67. The maximum Gasteiger partial charge on any atom is 0.309 e. The van der Waals surface area contributed by atoms with E-state index in [4.69, 9.17) is 9.72 Å². The highest BCUT2D eigenvalue weighted by molar-refractivity contribution is 5.93. The zero-order valence-corrected chi connectivity index (χ0v) is 15.8. The van der Waals surface area contributed by atoms with Crippen molar-refractivity contribution in [3.63, 3.8) is 0 Å². The van der Waals surface area contributed by atoms with E-state index in [1.165, 1.54) is 12.1 Å². The Bertz CT molecular complexity index is 1000. The topological polar surface area (TPSA) is 55.3 Å². The molecule has 0 amide bonds. The molecule has 1 aliphatic heterocycles. The fourth-order valence-electron chi connectivity index (χ4n) is 3.67. The van der Waals surface area contributed by atoms with Gasteiger partial charge in [-0.15, -0.1) is 0 Å². The lowest BCUT2D eigenvalue weighted by molar-refractivity contribution is -0.148. The van der Waals surface area contributed by atoms with Crippen LogP contribution in [0.3, 0.4) is 0 Å². The summed E-state index contributed by atoms with van der Waals surface area (Å²) >= 11 is 0. The van der Waals surface area contributed by atoms with Crippen molar-refractivity contribution in [2.24, 2.45) is 5.92 Å². The number of carbonyl (C=O) groups is 1. The number of aromatic nitrogens is 2. The molecule has 1 aliphatic rings. The molecule has 3 heterocycles. The lowest BCUT2D eigenvalue weighted by Crippen LogP contribution is -2.37. The molecule has 0 saturated carbocycles. The van der Waals surface area contributed by atoms with Gasteiger partial charge in [0.2, 0.25) is 0 Å². The Labute approximate surface area is 163 Å². The minimum absolute atomic E-state index is 0.0546. The molecule has 0 atom stereocenters. The van der Waals surface area contributed by atoms with E-state index in [-0.39, 0.29) is 17.7 Å². The van der Waals surface area contributed by atoms with Crippen molar-refractivity contribution in [3.8, 4) is 11.3 Å². The number of benzene rings is 1. The summed E-state index contributed by atoms with van der Waals surface area (Å²) in [5, 5.41) is 0.958. The first-order valence-electron chi connectivity index (χ1n) is 9.59. The van der Waals surface area contributed by atoms with Crippen molar-refractivity contribution in [1.29, 1.82) is 0 Å². The Hall–Kier alpha value is -3.02. The SMILES string of the molecule is CCOC(=O)C1CCN(c2cc3cccnc3c(-c3cccc(F)c3)n2)CC1. The predicted molar refractivity (Wildman–Crippen MR) is 107 cm³/mol. The Morgan fingerprint density at radius 1 is 1.21 bits per heavy atom. The van der Waals surface area contributed by atoms with Crippen LogP contribution in [0.4, 0.5) is 10.2 Å². The number of hydrogen-bond acceptors (Lipinski definition) is 5. The number of piperidine rings is 1. The molecule has 28 heavy (non-hydrogen) atoms. The van der Waals surface area contributed by atoms with Gasteiger partial charge < -0.3 is 9.64 Å². The predicted octanol–water partition coefficient (Wildman–Crippen LogP) is 4.22. The Kier molecular flexibility index (Phi) is 5.19. The van der Waals surface area contributed by atoms with E-state index < -0.39 is 0 Å². The minimum Gasteiger partial charge on any atom is -0.466 e. The monoisotopic (exact) mass is 379 g/mol. The molecule has 0 radical (unpaired) electrons. The number of halogens is 1. The second-order valence-electron chi connectivity index (χ2n) is 6.93. The summed E-state index contributed by atoms with van der Waals surface area (Å²) in [6.07, 6.45) is 3.19. The van der Waals surface area contributed by atoms with E-state index in [1.807, 2.05) is 31.2 Å². The highest BCUT2D eigenvalue weighted by atomic mass is 19.1. The number of nitrogens with zero attached hydrogens (tertiary/aromatic N) is 3. The van der Waals surface area contributed by atoms with Crippen molar-refractivity contribution in [2.45, 2.75) is 19.8 Å². The summed E-state index contributed by atoms with van der Waals surface area (Å²) < 4.78 is 18.9. The maximum absolute atomic E-state index is 13.8. The van der Waals surface area contributed by atoms with Crippen LogP contribution in [0.15, 0.2) is 48.7 Å². The van der Waals surface area contributed by atoms with Gasteiger partial charge in [0.05, 0.1) is 23.7 Å². The molecule has 3 aromatic rings. The van der Waals surface area contributed by atoms with Gasteiger partial charge in [0.15, 0.2) is 0 Å². The minimum atomic E-state index is -0.302. The Morgan fingerprint density at radius 3 is 2.79 bits per heavy atom. The second-order valence-corrected chi connectivity index (χ2v) is 6.93. The van der Waals surface area contributed by atoms with Gasteiger partial charge in [0.1, 0.15) is 11.6 Å². The number of ether oxygens (including phenoxy) is 1. The van der Waals surface area contributed by atoms with Crippen LogP contribution in [0.5, 0.6) is 0 Å². The molecule has 0 unspecified atom stereocenters. The highest BCUT2D eigenvalue weighted by Gasteiger charge is 2.27. The molecule has 6 heteroatoms. The number of carbonyl (C=O) groups excluding carboxylic acids is 1. The average molecular weight is 379 g/mol. The number of fused-ring (bicyclic) bond motifs is 1. The lowest BCUT2D eigenvalue weighted by Gasteiger charge is -2.32. The molecule has 2 aromatic heterocycles. The normalized spacial score (nSPS) is 15.0. The van der Waals surface area contributed by atoms with Crippen molar-refractivity contribution < 1.29 is 13.9 Å². The van der Waals surface area contributed by atoms with Crippen LogP contribution in [-0.2, 0) is 9.53 Å². The van der Waals surface area contributed by atoms with E-state index in [0.717, 1.165) is 42.7 Å². The molecule has 1 fully saturated rings. The summed E-state index contributed by atoms with van der Waals surface area (Å²) in [6.45, 7) is 3.69. The van der Waals surface area contributed by atoms with Gasteiger partial charge in [-0.3, -0.25) is 9.78 Å². The number of anilines is 1. The van der Waals surface area contributed by atoms with Crippen molar-refractivity contribution in [2.75, 3.05) is 24.6 Å². The van der Waals surface area contributed by atoms with Crippen LogP contribution in [0.2, 0.25) is 0 Å². The first kappa shape index (κ1) is 18.3. The summed E-state index contributed by atoms with van der Waals surface area (Å²) in [4.78, 5) is 23.4. The van der Waals surface area contributed by atoms with Gasteiger partial charge in [-0.1, -0.05) is 18.2 Å². The van der Waals surface area contributed by atoms with Gasteiger partial charge in [-0.05, 0) is 44.0 Å². The van der Waals surface area contributed by atoms with Gasteiger partial charge in [0.25, 0.3) is 0 Å². The van der Waals surface area contributed by atoms with E-state index in [2.05, 4.69) is 9.88 Å². The summed E-state index contributed by atoms with van der Waals surface area (Å²) in [7, 11) is 0. The van der Waals surface area contributed by atoms with Crippen molar-refractivity contribution in [3.05, 3.63) is 54.5 Å². The number of esters is 1. The first-order valence-corrected chi connectivity index (χ1v) is 9.59. The average Bonchev–Trinajstić information content (AvgIpc) is 2.73. The smallest absolute Gasteiger partial charge is 0.309 e. The molecular formula is C22H22FN3O2. The molecule has 144 valence electrons. The number of rotatable bonds is 4. The summed E-state index contributed by atoms with van der Waals surface area (Å²) in [6, 6.07) is 12.3. The van der Waals surface area contributed by atoms with E-state index in [1.54, 1.807) is 12.3 Å². The summed E-state index contributed by atoms with van der Waals surface area (Å²) in [5.41, 5.74) is 2.12. The zero-order chi connectivity index (χ0) is 19.5. The quantitative estimate of drug-likeness (QED) is 0.636. The van der Waals surface area contributed by atoms with Crippen LogP contribution in [0, 0.1) is 11.7 Å². The molecule has 0 aliphatic carbocycles. The van der Waals surface area contributed by atoms with Gasteiger partial charge >= 0.3 is 5.97 Å². The van der Waals surface area contributed by atoms with Crippen LogP contribution < -0.4 is 4.90 Å². The van der Waals surface area contributed by atoms with E-state index in [9.17, 15) is 9.18 Å². The molecule has 0 N–H and O–H groups in total. The van der Waals surface area contributed by atoms with Gasteiger partial charge in [-0.2, -0.15) is 0 Å². The lowest BCUT2D eigenvalue weighted by atomic mass is 9.97. The van der Waals surface area contributed by atoms with Crippen molar-refractivity contribution >= 4 is 22.7 Å². The van der Waals surface area contributed by atoms with Gasteiger partial charge in [-0.25, -0.2) is 9.37 Å². The standard InChI is InChI=1S/C22H22FN3O2/c1-2-28-22(27)15-8-11-26(12-9-15)19-14-17-6-4-10-24-20(17)21(25-19)16-5-3-7-18(23)13-16/h3-7,10,13-15H,2,8-9,11-12H2,1H3. The second kappa shape index (κ2) is 7.92. The third-order valence-electron chi connectivity index (χ3n) is 5.11. The van der Waals surface area contributed by atoms with Crippen molar-refractivity contribution in [1.82, 2.24) is 9.97 Å². The van der Waals surface area contributed by atoms with Crippen LogP contribution in [0.1, 0.15) is 19.8 Å². The largest absolute Gasteiger partial charge is 0.466 e. The van der Waals surface area contributed by atoms with Gasteiger partial charge in [0, 0.05) is 30.2 Å². The maximum atomic E-state index is 13.8. The summed E-state index contributed by atoms with van der Waals surface area (Å²) in [5.74, 6) is 0.352. The number of pyridine rings is 2. The molecule has 0 bridgehead atoms. The third kappa shape index (κ3) is 3.67. The molecule has 5 nitrogen and oxygen atoms in total. The Morgan fingerprint density at radius 2 is 2.04 bits per heavy atom. The third-order valence-corrected chi connectivity index (χ3v) is 5.11. The van der Waals surface area contributed by atoms with Crippen LogP contribution >= 0.6 is 0 Å². The molecule has 1 saturated heterocycles. The Balaban J connectivity index is 1.67. The zero-order valence-electron chi connectivity index (χ0n) is 15.8. The van der Waals surface area contributed by atoms with Crippen LogP contribution in [-0.4, -0.2) is 35.6 Å². The molecule has 0 spiro atoms. The fraction of sp³-hybridized carbons (Fsp3) is 0.318. The van der Waals surface area contributed by atoms with E-state index in [0.29, 0.717) is 17.9 Å². The molecular weight excluding hydrogens is 357 g/mol. The number of hydrogen-bond donors (Lipinski definition) is 0. The molecule has 1 aromatic carbocycles. The molecule has 4 rings (SSSR count). The van der Waals surface area contributed by atoms with Crippen LogP contribution in [0.25, 0.3) is 22.2 Å². The van der Waals surface area contributed by atoms with E-state index >= 15 is 0 Å². The first-order chi connectivity index (χ1) is 13.7. The highest BCUT2D eigenvalue weighted by Crippen LogP contribution is 2.31.